The normalized spacial score (nSPS) is 22.4. The third-order valence-corrected chi connectivity index (χ3v) is 7.35. The molecule has 0 aromatic heterocycles. The van der Waals surface area contributed by atoms with Crippen LogP contribution in [0.15, 0.2) is 36.4 Å². The highest BCUT2D eigenvalue weighted by molar-refractivity contribution is 6.53. The Morgan fingerprint density at radius 2 is 1.67 bits per heavy atom. The lowest BCUT2D eigenvalue weighted by atomic mass is 9.88. The van der Waals surface area contributed by atoms with Gasteiger partial charge in [-0.2, -0.15) is 0 Å². The minimum Gasteiger partial charge on any atom is -0.404 e. The van der Waals surface area contributed by atoms with Crippen molar-refractivity contribution in [3.05, 3.63) is 57.6 Å². The van der Waals surface area contributed by atoms with Crippen LogP contribution in [0.4, 0.5) is 27.6 Å². The van der Waals surface area contributed by atoms with Gasteiger partial charge in [0, 0.05) is 30.5 Å². The minimum absolute atomic E-state index is 0.0351. The van der Waals surface area contributed by atoms with Gasteiger partial charge in [-0.15, -0.1) is 36.4 Å². The number of alkyl halides is 7. The van der Waals surface area contributed by atoms with Crippen LogP contribution >= 0.6 is 46.4 Å². The zero-order chi connectivity index (χ0) is 26.6. The van der Waals surface area contributed by atoms with Crippen LogP contribution < -0.4 is 15.4 Å². The molecule has 2 unspecified atom stereocenters. The zero-order valence-electron chi connectivity index (χ0n) is 17.7. The molecular formula is C22H15Cl4F5N2O3. The summed E-state index contributed by atoms with van der Waals surface area (Å²) in [5, 5.41) is 4.71. The number of rotatable bonds is 6. The van der Waals surface area contributed by atoms with E-state index in [-0.39, 0.29) is 21.3 Å². The highest BCUT2D eigenvalue weighted by Gasteiger charge is 2.67. The number of nitrogens with one attached hydrogen (secondary N) is 2. The Labute approximate surface area is 221 Å². The zero-order valence-corrected chi connectivity index (χ0v) is 20.8. The molecule has 2 fully saturated rings. The van der Waals surface area contributed by atoms with Crippen LogP contribution in [0.25, 0.3) is 0 Å². The molecule has 2 saturated carbocycles. The Morgan fingerprint density at radius 3 is 2.25 bits per heavy atom. The maximum Gasteiger partial charge on any atom is 0.573 e. The van der Waals surface area contributed by atoms with E-state index in [0.29, 0.717) is 5.56 Å². The van der Waals surface area contributed by atoms with Gasteiger partial charge in [-0.25, -0.2) is 8.78 Å². The first-order valence-electron chi connectivity index (χ1n) is 10.3. The molecule has 0 heterocycles. The van der Waals surface area contributed by atoms with Crippen molar-refractivity contribution in [3.63, 3.8) is 0 Å². The first-order chi connectivity index (χ1) is 16.6. The fourth-order valence-corrected chi connectivity index (χ4v) is 5.27. The van der Waals surface area contributed by atoms with Crippen molar-refractivity contribution in [1.82, 2.24) is 5.32 Å². The molecule has 2 atom stereocenters. The molecule has 0 aliphatic heterocycles. The molecule has 14 heteroatoms. The number of hydrogen-bond donors (Lipinski definition) is 2. The molecule has 36 heavy (non-hydrogen) atoms. The van der Waals surface area contributed by atoms with Crippen LogP contribution in [-0.4, -0.2) is 34.5 Å². The van der Waals surface area contributed by atoms with Gasteiger partial charge >= 0.3 is 6.36 Å². The summed E-state index contributed by atoms with van der Waals surface area (Å²) >= 11 is 24.5. The molecule has 2 aliphatic carbocycles. The van der Waals surface area contributed by atoms with Crippen LogP contribution in [0.5, 0.6) is 5.75 Å². The summed E-state index contributed by atoms with van der Waals surface area (Å²) in [7, 11) is 0. The number of ether oxygens (including phenoxy) is 1. The summed E-state index contributed by atoms with van der Waals surface area (Å²) in [6, 6.07) is 6.77. The van der Waals surface area contributed by atoms with Gasteiger partial charge in [-0.3, -0.25) is 9.59 Å². The average molecular weight is 592 g/mol. The van der Waals surface area contributed by atoms with Crippen molar-refractivity contribution in [2.45, 2.75) is 41.4 Å². The topological polar surface area (TPSA) is 67.4 Å². The summed E-state index contributed by atoms with van der Waals surface area (Å²) in [5.41, 5.74) is 0.440. The first kappa shape index (κ1) is 27.0. The Morgan fingerprint density at radius 1 is 1.00 bits per heavy atom. The molecule has 0 saturated heterocycles. The number of halogens is 9. The minimum atomic E-state index is -4.94. The van der Waals surface area contributed by atoms with Crippen molar-refractivity contribution in [2.24, 2.45) is 5.92 Å². The summed E-state index contributed by atoms with van der Waals surface area (Å²) in [5.74, 6) is -6.55. The van der Waals surface area contributed by atoms with Crippen molar-refractivity contribution in [2.75, 3.05) is 5.32 Å². The second kappa shape index (κ2) is 9.38. The lowest BCUT2D eigenvalue weighted by Gasteiger charge is -2.35. The number of carbonyl (C=O) groups is 2. The Bertz CT molecular complexity index is 1220. The van der Waals surface area contributed by atoms with E-state index in [2.05, 4.69) is 15.4 Å². The van der Waals surface area contributed by atoms with E-state index in [1.807, 2.05) is 0 Å². The van der Waals surface area contributed by atoms with Crippen LogP contribution in [0.3, 0.4) is 0 Å². The third-order valence-electron chi connectivity index (χ3n) is 5.78. The highest BCUT2D eigenvalue weighted by atomic mass is 35.5. The first-order valence-corrected chi connectivity index (χ1v) is 11.8. The van der Waals surface area contributed by atoms with Crippen molar-refractivity contribution < 1.29 is 36.3 Å². The van der Waals surface area contributed by atoms with Crippen molar-refractivity contribution in [1.29, 1.82) is 0 Å². The van der Waals surface area contributed by atoms with Gasteiger partial charge in [-0.1, -0.05) is 29.3 Å². The average Bonchev–Trinajstić information content (AvgIpc) is 3.30. The van der Waals surface area contributed by atoms with E-state index in [1.165, 1.54) is 30.3 Å². The predicted molar refractivity (Wildman–Crippen MR) is 124 cm³/mol. The van der Waals surface area contributed by atoms with Crippen LogP contribution in [-0.2, 0) is 4.79 Å². The van der Waals surface area contributed by atoms with Gasteiger partial charge < -0.3 is 15.4 Å². The fraction of sp³-hybridized carbons (Fsp3) is 0.364. The van der Waals surface area contributed by atoms with Gasteiger partial charge in [0.15, 0.2) is 0 Å². The quantitative estimate of drug-likeness (QED) is 0.282. The molecule has 5 nitrogen and oxygen atoms in total. The molecule has 2 amide bonds. The van der Waals surface area contributed by atoms with E-state index in [1.54, 1.807) is 0 Å². The summed E-state index contributed by atoms with van der Waals surface area (Å²) in [4.78, 5) is 25.3. The Kier molecular flexibility index (Phi) is 7.05. The number of benzene rings is 2. The van der Waals surface area contributed by atoms with Crippen molar-refractivity contribution in [3.8, 4) is 5.75 Å². The van der Waals surface area contributed by atoms with Gasteiger partial charge in [0.2, 0.25) is 5.91 Å². The second-order valence-electron chi connectivity index (χ2n) is 8.49. The smallest absolute Gasteiger partial charge is 0.404 e. The monoisotopic (exact) mass is 590 g/mol. The highest BCUT2D eigenvalue weighted by Crippen LogP contribution is 2.65. The SMILES string of the molecule is O=C(NC1CC(F)(F)C1)c1cc(NC(=O)C2C(c3ccc(OC(F)(F)F)c(Cl)c3)C2(Cl)Cl)ccc1Cl. The molecule has 0 bridgehead atoms. The predicted octanol–water partition coefficient (Wildman–Crippen LogP) is 6.95. The molecule has 194 valence electrons. The fourth-order valence-electron chi connectivity index (χ4n) is 4.01. The Hall–Kier alpha value is -2.01. The summed E-state index contributed by atoms with van der Waals surface area (Å²) < 4.78 is 65.7. The molecule has 2 aliphatic rings. The molecular weight excluding hydrogens is 577 g/mol. The molecule has 2 aromatic carbocycles. The van der Waals surface area contributed by atoms with Gasteiger partial charge in [0.1, 0.15) is 10.1 Å². The van der Waals surface area contributed by atoms with Crippen LogP contribution in [0, 0.1) is 5.92 Å². The van der Waals surface area contributed by atoms with E-state index in [4.69, 9.17) is 46.4 Å². The van der Waals surface area contributed by atoms with E-state index >= 15 is 0 Å². The number of hydrogen-bond acceptors (Lipinski definition) is 3. The van der Waals surface area contributed by atoms with Crippen LogP contribution in [0.2, 0.25) is 10.0 Å². The second-order valence-corrected chi connectivity index (χ2v) is 10.7. The third kappa shape index (κ3) is 5.77. The summed E-state index contributed by atoms with van der Waals surface area (Å²) in [6.45, 7) is 0. The number of amides is 2. The maximum atomic E-state index is 13.0. The molecule has 4 rings (SSSR count). The summed E-state index contributed by atoms with van der Waals surface area (Å²) in [6.07, 6.45) is -5.89. The molecule has 2 N–H and O–H groups in total. The van der Waals surface area contributed by atoms with Gasteiger partial charge in [-0.05, 0) is 35.9 Å². The molecule has 0 radical (unpaired) electrons. The standard InChI is InChI=1S/C22H15Cl4F5N2O3/c23-13-3-2-10(6-12(13)18(34)33-11-7-20(27,28)8-11)32-19(35)17-16(21(17,25)26)9-1-4-15(14(24)5-9)36-22(29,30)31/h1-6,11,16-17H,7-8H2,(H,32,35)(H,33,34). The molecule has 2 aromatic rings. The van der Waals surface area contributed by atoms with Crippen LogP contribution in [0.1, 0.15) is 34.7 Å². The lowest BCUT2D eigenvalue weighted by Crippen LogP contribution is -2.50. The van der Waals surface area contributed by atoms with Gasteiger partial charge in [0.05, 0.1) is 21.5 Å². The van der Waals surface area contributed by atoms with E-state index in [9.17, 15) is 31.5 Å². The number of anilines is 1. The van der Waals surface area contributed by atoms with Gasteiger partial charge in [0.25, 0.3) is 11.8 Å². The Balaban J connectivity index is 1.45. The van der Waals surface area contributed by atoms with E-state index < -0.39 is 64.9 Å². The maximum absolute atomic E-state index is 13.0. The largest absolute Gasteiger partial charge is 0.573 e. The van der Waals surface area contributed by atoms with Crippen molar-refractivity contribution >= 4 is 63.9 Å². The lowest BCUT2D eigenvalue weighted by molar-refractivity contribution is -0.274. The molecule has 0 spiro atoms. The number of carbonyl (C=O) groups excluding carboxylic acids is 2. The van der Waals surface area contributed by atoms with E-state index in [0.717, 1.165) is 6.07 Å².